The van der Waals surface area contributed by atoms with Crippen LogP contribution in [0.4, 0.5) is 0 Å². The average Bonchev–Trinajstić information content (AvgIpc) is 2.91. The van der Waals surface area contributed by atoms with Gasteiger partial charge in [0, 0.05) is 24.3 Å². The molecule has 2 heterocycles. The predicted molar refractivity (Wildman–Crippen MR) is 75.1 cm³/mol. The second-order valence-corrected chi connectivity index (χ2v) is 5.87. The number of likely N-dealkylation sites (tertiary alicyclic amines) is 1. The molecule has 3 rings (SSSR count). The number of hydrogen-bond donors (Lipinski definition) is 0. The van der Waals surface area contributed by atoms with Gasteiger partial charge in [-0.1, -0.05) is 19.3 Å². The summed E-state index contributed by atoms with van der Waals surface area (Å²) in [6, 6.07) is 4.58. The molecule has 4 heteroatoms. The Morgan fingerprint density at radius 2 is 2.00 bits per heavy atom. The molecule has 0 bridgehead atoms. The Balaban J connectivity index is 1.69. The van der Waals surface area contributed by atoms with Crippen LogP contribution < -0.4 is 5.56 Å². The molecular formula is C15H23N3O. The standard InChI is InChI=1S/C15H23N3O/c19-15-9-4-10-16-18(15)12-14-8-5-11-17(14)13-6-2-1-3-7-13/h4,9-10,13-14H,1-3,5-8,11-12H2. The van der Waals surface area contributed by atoms with Gasteiger partial charge in [0.25, 0.3) is 5.56 Å². The molecule has 1 aliphatic carbocycles. The van der Waals surface area contributed by atoms with Crippen LogP contribution in [0, 0.1) is 0 Å². The Hall–Kier alpha value is -1.16. The van der Waals surface area contributed by atoms with Crippen LogP contribution >= 0.6 is 0 Å². The van der Waals surface area contributed by atoms with Gasteiger partial charge in [0.2, 0.25) is 0 Å². The van der Waals surface area contributed by atoms with E-state index in [1.165, 1.54) is 51.5 Å². The third-order valence-electron chi connectivity index (χ3n) is 4.64. The summed E-state index contributed by atoms with van der Waals surface area (Å²) in [4.78, 5) is 14.4. The number of nitrogens with zero attached hydrogens (tertiary/aromatic N) is 3. The summed E-state index contributed by atoms with van der Waals surface area (Å²) in [7, 11) is 0. The van der Waals surface area contributed by atoms with Crippen LogP contribution in [0.5, 0.6) is 0 Å². The van der Waals surface area contributed by atoms with Crippen molar-refractivity contribution in [3.63, 3.8) is 0 Å². The normalized spacial score (nSPS) is 25.8. The maximum Gasteiger partial charge on any atom is 0.266 e. The van der Waals surface area contributed by atoms with Crippen LogP contribution in [0.15, 0.2) is 23.1 Å². The number of aromatic nitrogens is 2. The van der Waals surface area contributed by atoms with Gasteiger partial charge in [0.15, 0.2) is 0 Å². The molecule has 1 saturated heterocycles. The van der Waals surface area contributed by atoms with Crippen LogP contribution in [0.1, 0.15) is 44.9 Å². The Labute approximate surface area is 114 Å². The van der Waals surface area contributed by atoms with E-state index in [1.54, 1.807) is 23.0 Å². The van der Waals surface area contributed by atoms with Crippen molar-refractivity contribution in [3.8, 4) is 0 Å². The molecule has 1 aliphatic heterocycles. The van der Waals surface area contributed by atoms with E-state index in [0.29, 0.717) is 6.04 Å². The third kappa shape index (κ3) is 2.89. The first-order valence-corrected chi connectivity index (χ1v) is 7.62. The van der Waals surface area contributed by atoms with Crippen molar-refractivity contribution >= 4 is 0 Å². The molecule has 1 aromatic heterocycles. The fourth-order valence-corrected chi connectivity index (χ4v) is 3.67. The third-order valence-corrected chi connectivity index (χ3v) is 4.64. The Morgan fingerprint density at radius 1 is 1.16 bits per heavy atom. The largest absolute Gasteiger partial charge is 0.296 e. The van der Waals surface area contributed by atoms with Gasteiger partial charge in [0.1, 0.15) is 0 Å². The van der Waals surface area contributed by atoms with E-state index < -0.39 is 0 Å². The molecule has 19 heavy (non-hydrogen) atoms. The van der Waals surface area contributed by atoms with E-state index in [1.807, 2.05) is 0 Å². The fraction of sp³-hybridized carbons (Fsp3) is 0.733. The van der Waals surface area contributed by atoms with Crippen molar-refractivity contribution < 1.29 is 0 Å². The Morgan fingerprint density at radius 3 is 2.79 bits per heavy atom. The number of rotatable bonds is 3. The lowest BCUT2D eigenvalue weighted by Crippen LogP contribution is -2.43. The molecule has 4 nitrogen and oxygen atoms in total. The molecule has 1 saturated carbocycles. The van der Waals surface area contributed by atoms with Crippen molar-refractivity contribution in [3.05, 3.63) is 28.7 Å². The van der Waals surface area contributed by atoms with Crippen molar-refractivity contribution in [2.24, 2.45) is 0 Å². The Bertz CT molecular complexity index is 464. The van der Waals surface area contributed by atoms with E-state index in [9.17, 15) is 4.79 Å². The zero-order valence-corrected chi connectivity index (χ0v) is 11.5. The summed E-state index contributed by atoms with van der Waals surface area (Å²) in [6.45, 7) is 1.97. The van der Waals surface area contributed by atoms with Crippen molar-refractivity contribution in [2.75, 3.05) is 6.54 Å². The van der Waals surface area contributed by atoms with Crippen LogP contribution in [0.25, 0.3) is 0 Å². The molecule has 0 N–H and O–H groups in total. The first kappa shape index (κ1) is 12.9. The highest BCUT2D eigenvalue weighted by Gasteiger charge is 2.31. The molecule has 2 aliphatic rings. The molecule has 0 radical (unpaired) electrons. The smallest absolute Gasteiger partial charge is 0.266 e. The zero-order valence-electron chi connectivity index (χ0n) is 11.5. The second kappa shape index (κ2) is 5.87. The SMILES string of the molecule is O=c1cccnn1CC1CCCN1C1CCCCC1. The lowest BCUT2D eigenvalue weighted by molar-refractivity contribution is 0.128. The van der Waals surface area contributed by atoms with E-state index >= 15 is 0 Å². The van der Waals surface area contributed by atoms with Gasteiger partial charge in [-0.15, -0.1) is 0 Å². The summed E-state index contributed by atoms with van der Waals surface area (Å²) >= 11 is 0. The summed E-state index contributed by atoms with van der Waals surface area (Å²) in [5.74, 6) is 0. The quantitative estimate of drug-likeness (QED) is 0.835. The van der Waals surface area contributed by atoms with Crippen LogP contribution in [-0.4, -0.2) is 33.3 Å². The fourth-order valence-electron chi connectivity index (χ4n) is 3.67. The molecule has 1 atom stereocenters. The van der Waals surface area contributed by atoms with Crippen molar-refractivity contribution in [2.45, 2.75) is 63.6 Å². The van der Waals surface area contributed by atoms with Gasteiger partial charge in [-0.3, -0.25) is 9.69 Å². The Kier molecular flexibility index (Phi) is 3.97. The lowest BCUT2D eigenvalue weighted by Gasteiger charge is -2.35. The maximum absolute atomic E-state index is 11.8. The molecule has 1 unspecified atom stereocenters. The van der Waals surface area contributed by atoms with E-state index in [2.05, 4.69) is 10.00 Å². The first-order valence-electron chi connectivity index (χ1n) is 7.62. The van der Waals surface area contributed by atoms with Gasteiger partial charge >= 0.3 is 0 Å². The van der Waals surface area contributed by atoms with E-state index in [-0.39, 0.29) is 5.56 Å². The lowest BCUT2D eigenvalue weighted by atomic mass is 9.94. The highest BCUT2D eigenvalue weighted by molar-refractivity contribution is 4.89. The minimum Gasteiger partial charge on any atom is -0.296 e. The van der Waals surface area contributed by atoms with Crippen molar-refractivity contribution in [1.29, 1.82) is 0 Å². The molecule has 2 fully saturated rings. The predicted octanol–water partition coefficient (Wildman–Crippen LogP) is 2.04. The average molecular weight is 261 g/mol. The molecular weight excluding hydrogens is 238 g/mol. The first-order chi connectivity index (χ1) is 9.34. The van der Waals surface area contributed by atoms with Crippen LogP contribution in [0.2, 0.25) is 0 Å². The topological polar surface area (TPSA) is 38.1 Å². The van der Waals surface area contributed by atoms with Crippen LogP contribution in [-0.2, 0) is 6.54 Å². The molecule has 0 aromatic carbocycles. The minimum atomic E-state index is 0.0259. The minimum absolute atomic E-state index is 0.0259. The van der Waals surface area contributed by atoms with E-state index in [4.69, 9.17) is 0 Å². The summed E-state index contributed by atoms with van der Waals surface area (Å²) in [5, 5.41) is 4.20. The summed E-state index contributed by atoms with van der Waals surface area (Å²) in [5.41, 5.74) is 0.0259. The highest BCUT2D eigenvalue weighted by atomic mass is 16.1. The molecule has 0 spiro atoms. The monoisotopic (exact) mass is 261 g/mol. The van der Waals surface area contributed by atoms with Crippen LogP contribution in [0.3, 0.4) is 0 Å². The van der Waals surface area contributed by atoms with Gasteiger partial charge in [-0.05, 0) is 38.3 Å². The zero-order chi connectivity index (χ0) is 13.1. The van der Waals surface area contributed by atoms with Gasteiger partial charge in [-0.25, -0.2) is 4.68 Å². The number of hydrogen-bond acceptors (Lipinski definition) is 3. The van der Waals surface area contributed by atoms with Gasteiger partial charge < -0.3 is 0 Å². The summed E-state index contributed by atoms with van der Waals surface area (Å²) in [6.07, 6.45) is 11.0. The van der Waals surface area contributed by atoms with Gasteiger partial charge in [0.05, 0.1) is 6.54 Å². The van der Waals surface area contributed by atoms with Crippen molar-refractivity contribution in [1.82, 2.24) is 14.7 Å². The molecule has 1 aromatic rings. The van der Waals surface area contributed by atoms with Gasteiger partial charge in [-0.2, -0.15) is 5.10 Å². The molecule has 0 amide bonds. The van der Waals surface area contributed by atoms with E-state index in [0.717, 1.165) is 12.6 Å². The summed E-state index contributed by atoms with van der Waals surface area (Å²) < 4.78 is 1.63. The molecule has 104 valence electrons. The second-order valence-electron chi connectivity index (χ2n) is 5.87. The highest BCUT2D eigenvalue weighted by Crippen LogP contribution is 2.29. The maximum atomic E-state index is 11.8.